The highest BCUT2D eigenvalue weighted by atomic mass is 32.1. The van der Waals surface area contributed by atoms with Crippen molar-refractivity contribution in [2.24, 2.45) is 0 Å². The minimum absolute atomic E-state index is 0.0437. The van der Waals surface area contributed by atoms with Gasteiger partial charge in [-0.1, -0.05) is 12.1 Å². The van der Waals surface area contributed by atoms with Crippen molar-refractivity contribution in [3.63, 3.8) is 0 Å². The summed E-state index contributed by atoms with van der Waals surface area (Å²) in [7, 11) is 1.63. The van der Waals surface area contributed by atoms with Gasteiger partial charge in [0, 0.05) is 18.0 Å². The summed E-state index contributed by atoms with van der Waals surface area (Å²) in [6.07, 6.45) is 3.75. The second kappa shape index (κ2) is 8.71. The summed E-state index contributed by atoms with van der Waals surface area (Å²) in [6, 6.07) is 9.69. The van der Waals surface area contributed by atoms with Crippen LogP contribution in [0.15, 0.2) is 46.4 Å². The molecule has 0 spiro atoms. The van der Waals surface area contributed by atoms with Crippen molar-refractivity contribution in [2.45, 2.75) is 38.8 Å². The predicted octanol–water partition coefficient (Wildman–Crippen LogP) is 4.04. The molecular formula is C22H23N3O4S. The van der Waals surface area contributed by atoms with Gasteiger partial charge in [0.2, 0.25) is 5.91 Å². The number of nitrogens with zero attached hydrogens (tertiary/aromatic N) is 2. The van der Waals surface area contributed by atoms with Gasteiger partial charge >= 0.3 is 0 Å². The molecule has 0 atom stereocenters. The van der Waals surface area contributed by atoms with Crippen LogP contribution < -0.4 is 10.1 Å². The standard InChI is InChI=1S/C22H23N3O4S/c1-14-19(9-10-29-14)21(27)24-22-23-16(13-30-22)11-20(26)25(17-5-6-17)12-15-3-7-18(28-2)8-4-15/h3-4,7-10,13,17H,5-6,11-12H2,1-2H3,(H,23,24,27). The number of aromatic nitrogens is 1. The Morgan fingerprint density at radius 1 is 1.27 bits per heavy atom. The van der Waals surface area contributed by atoms with Crippen molar-refractivity contribution in [1.29, 1.82) is 0 Å². The molecule has 2 amide bonds. The number of hydrogen-bond acceptors (Lipinski definition) is 6. The van der Waals surface area contributed by atoms with E-state index in [1.807, 2.05) is 34.5 Å². The molecule has 1 N–H and O–H groups in total. The van der Waals surface area contributed by atoms with E-state index in [1.54, 1.807) is 20.1 Å². The molecule has 0 saturated heterocycles. The molecule has 2 aromatic heterocycles. The zero-order valence-electron chi connectivity index (χ0n) is 16.9. The molecule has 156 valence electrons. The molecule has 7 nitrogen and oxygen atoms in total. The molecule has 1 aromatic carbocycles. The third-order valence-electron chi connectivity index (χ3n) is 5.03. The Morgan fingerprint density at radius 3 is 2.67 bits per heavy atom. The van der Waals surface area contributed by atoms with E-state index in [2.05, 4.69) is 10.3 Å². The van der Waals surface area contributed by atoms with Crippen LogP contribution in [0.5, 0.6) is 5.75 Å². The number of nitrogens with one attached hydrogen (secondary N) is 1. The highest BCUT2D eigenvalue weighted by molar-refractivity contribution is 7.14. The summed E-state index contributed by atoms with van der Waals surface area (Å²) >= 11 is 1.31. The van der Waals surface area contributed by atoms with Gasteiger partial charge in [0.25, 0.3) is 5.91 Å². The first-order chi connectivity index (χ1) is 14.5. The van der Waals surface area contributed by atoms with Crippen LogP contribution in [0.25, 0.3) is 0 Å². The first-order valence-electron chi connectivity index (χ1n) is 9.75. The van der Waals surface area contributed by atoms with Gasteiger partial charge in [-0.25, -0.2) is 4.98 Å². The maximum atomic E-state index is 13.0. The molecule has 0 unspecified atom stereocenters. The lowest BCUT2D eigenvalue weighted by Gasteiger charge is -2.22. The Bertz CT molecular complexity index is 1040. The summed E-state index contributed by atoms with van der Waals surface area (Å²) in [5.41, 5.74) is 2.20. The largest absolute Gasteiger partial charge is 0.497 e. The summed E-state index contributed by atoms with van der Waals surface area (Å²) in [5.74, 6) is 1.12. The summed E-state index contributed by atoms with van der Waals surface area (Å²) in [6.45, 7) is 2.30. The topological polar surface area (TPSA) is 84.7 Å². The first kappa shape index (κ1) is 20.2. The van der Waals surface area contributed by atoms with E-state index in [4.69, 9.17) is 9.15 Å². The van der Waals surface area contributed by atoms with Gasteiger partial charge in [0.15, 0.2) is 5.13 Å². The van der Waals surface area contributed by atoms with E-state index >= 15 is 0 Å². The van der Waals surface area contributed by atoms with E-state index in [0.717, 1.165) is 24.2 Å². The van der Waals surface area contributed by atoms with Crippen molar-refractivity contribution in [1.82, 2.24) is 9.88 Å². The van der Waals surface area contributed by atoms with Gasteiger partial charge in [-0.3, -0.25) is 14.9 Å². The molecule has 0 aliphatic heterocycles. The average Bonchev–Trinajstić information content (AvgIpc) is 3.34. The monoisotopic (exact) mass is 425 g/mol. The lowest BCUT2D eigenvalue weighted by Crippen LogP contribution is -2.33. The van der Waals surface area contributed by atoms with Crippen LogP contribution in [0.1, 0.15) is 40.2 Å². The van der Waals surface area contributed by atoms with Crippen molar-refractivity contribution >= 4 is 28.3 Å². The van der Waals surface area contributed by atoms with Crippen LogP contribution in [0.4, 0.5) is 5.13 Å². The lowest BCUT2D eigenvalue weighted by atomic mass is 10.2. The van der Waals surface area contributed by atoms with Gasteiger partial charge in [0.1, 0.15) is 11.5 Å². The van der Waals surface area contributed by atoms with Gasteiger partial charge in [-0.2, -0.15) is 0 Å². The number of benzene rings is 1. The van der Waals surface area contributed by atoms with Crippen LogP contribution in [0.2, 0.25) is 0 Å². The zero-order chi connectivity index (χ0) is 21.1. The smallest absolute Gasteiger partial charge is 0.260 e. The highest BCUT2D eigenvalue weighted by Crippen LogP contribution is 2.30. The van der Waals surface area contributed by atoms with Crippen molar-refractivity contribution < 1.29 is 18.7 Å². The molecule has 1 saturated carbocycles. The fraction of sp³-hybridized carbons (Fsp3) is 0.318. The fourth-order valence-corrected chi connectivity index (χ4v) is 3.93. The third-order valence-corrected chi connectivity index (χ3v) is 5.83. The lowest BCUT2D eigenvalue weighted by molar-refractivity contribution is -0.131. The predicted molar refractivity (Wildman–Crippen MR) is 114 cm³/mol. The molecule has 1 fully saturated rings. The quantitative estimate of drug-likeness (QED) is 0.589. The van der Waals surface area contributed by atoms with Crippen LogP contribution in [0.3, 0.4) is 0 Å². The third kappa shape index (κ3) is 4.71. The number of furan rings is 1. The number of hydrogen-bond donors (Lipinski definition) is 1. The Labute approximate surface area is 178 Å². The number of ether oxygens (including phenoxy) is 1. The van der Waals surface area contributed by atoms with Crippen molar-refractivity contribution in [3.05, 3.63) is 64.6 Å². The molecule has 0 radical (unpaired) electrons. The van der Waals surface area contributed by atoms with Crippen LogP contribution in [0, 0.1) is 6.92 Å². The molecule has 8 heteroatoms. The molecule has 3 aromatic rings. The molecule has 1 aliphatic carbocycles. The van der Waals surface area contributed by atoms with Crippen LogP contribution in [-0.2, 0) is 17.8 Å². The highest BCUT2D eigenvalue weighted by Gasteiger charge is 2.32. The number of carbonyl (C=O) groups is 2. The molecule has 30 heavy (non-hydrogen) atoms. The first-order valence-corrected chi connectivity index (χ1v) is 10.6. The number of carbonyl (C=O) groups excluding carboxylic acids is 2. The van der Waals surface area contributed by atoms with Gasteiger partial charge in [-0.05, 0) is 43.5 Å². The van der Waals surface area contributed by atoms with Gasteiger partial charge in [0.05, 0.1) is 31.1 Å². The second-order valence-corrected chi connectivity index (χ2v) is 8.12. The maximum absolute atomic E-state index is 13.0. The van der Waals surface area contributed by atoms with Crippen LogP contribution >= 0.6 is 11.3 Å². The summed E-state index contributed by atoms with van der Waals surface area (Å²) in [4.78, 5) is 31.6. The Morgan fingerprint density at radius 2 is 2.03 bits per heavy atom. The molecule has 0 bridgehead atoms. The number of amides is 2. The SMILES string of the molecule is COc1ccc(CN(C(=O)Cc2csc(NC(=O)c3ccoc3C)n2)C2CC2)cc1. The van der Waals surface area contributed by atoms with Crippen molar-refractivity contribution in [3.8, 4) is 5.75 Å². The number of thiazole rings is 1. The van der Waals surface area contributed by atoms with E-state index in [-0.39, 0.29) is 18.2 Å². The van der Waals surface area contributed by atoms with Gasteiger partial charge in [-0.15, -0.1) is 11.3 Å². The summed E-state index contributed by atoms with van der Waals surface area (Å²) < 4.78 is 10.4. The Balaban J connectivity index is 1.38. The van der Waals surface area contributed by atoms with E-state index in [1.165, 1.54) is 17.6 Å². The number of anilines is 1. The van der Waals surface area contributed by atoms with E-state index in [9.17, 15) is 9.59 Å². The van der Waals surface area contributed by atoms with E-state index < -0.39 is 0 Å². The average molecular weight is 426 g/mol. The van der Waals surface area contributed by atoms with E-state index in [0.29, 0.717) is 34.7 Å². The minimum Gasteiger partial charge on any atom is -0.497 e. The van der Waals surface area contributed by atoms with Gasteiger partial charge < -0.3 is 14.1 Å². The number of methoxy groups -OCH3 is 1. The molecular weight excluding hydrogens is 402 g/mol. The number of aryl methyl sites for hydroxylation is 1. The van der Waals surface area contributed by atoms with Crippen molar-refractivity contribution in [2.75, 3.05) is 12.4 Å². The fourth-order valence-electron chi connectivity index (χ4n) is 3.22. The Kier molecular flexibility index (Phi) is 5.85. The Hall–Kier alpha value is -3.13. The minimum atomic E-state index is -0.271. The maximum Gasteiger partial charge on any atom is 0.260 e. The van der Waals surface area contributed by atoms with Crippen LogP contribution in [-0.4, -0.2) is 34.8 Å². The molecule has 1 aliphatic rings. The molecule has 2 heterocycles. The second-order valence-electron chi connectivity index (χ2n) is 7.27. The zero-order valence-corrected chi connectivity index (χ0v) is 17.7. The summed E-state index contributed by atoms with van der Waals surface area (Å²) in [5, 5.41) is 5.05. The normalized spacial score (nSPS) is 13.1. The number of rotatable bonds is 8. The molecule has 4 rings (SSSR count).